The molecular formula is C29H37FN2O. The molecule has 1 aliphatic carbocycles. The second-order valence-corrected chi connectivity index (χ2v) is 10.4. The quantitative estimate of drug-likeness (QED) is 0.586. The van der Waals surface area contributed by atoms with Gasteiger partial charge in [-0.1, -0.05) is 49.6 Å². The molecule has 2 fully saturated rings. The first-order chi connectivity index (χ1) is 16.1. The molecule has 0 spiro atoms. The average molecular weight is 449 g/mol. The molecule has 2 aromatic carbocycles. The summed E-state index contributed by atoms with van der Waals surface area (Å²) in [5, 5.41) is 3.76. The fraction of sp³-hybridized carbons (Fsp3) is 0.552. The molecule has 2 aliphatic heterocycles. The molecule has 1 saturated carbocycles. The minimum absolute atomic E-state index is 0.0592. The van der Waals surface area contributed by atoms with Gasteiger partial charge in [-0.2, -0.15) is 0 Å². The van der Waals surface area contributed by atoms with E-state index in [0.717, 1.165) is 62.7 Å². The molecular weight excluding hydrogens is 411 g/mol. The highest BCUT2D eigenvalue weighted by molar-refractivity contribution is 5.88. The minimum atomic E-state index is -0.106. The summed E-state index contributed by atoms with van der Waals surface area (Å²) in [4.78, 5) is 16.4. The molecule has 33 heavy (non-hydrogen) atoms. The Bertz CT molecular complexity index is 975. The molecule has 3 nitrogen and oxygen atoms in total. The van der Waals surface area contributed by atoms with E-state index in [-0.39, 0.29) is 23.8 Å². The molecule has 1 N–H and O–H groups in total. The van der Waals surface area contributed by atoms with E-state index in [1.54, 1.807) is 6.07 Å². The van der Waals surface area contributed by atoms with Crippen molar-refractivity contribution in [2.24, 2.45) is 5.92 Å². The van der Waals surface area contributed by atoms with Crippen LogP contribution in [0.1, 0.15) is 74.0 Å². The zero-order valence-corrected chi connectivity index (χ0v) is 19.9. The van der Waals surface area contributed by atoms with Gasteiger partial charge in [-0.3, -0.25) is 9.69 Å². The van der Waals surface area contributed by atoms with E-state index in [9.17, 15) is 9.18 Å². The molecule has 2 atom stereocenters. The Morgan fingerprint density at radius 3 is 2.52 bits per heavy atom. The predicted molar refractivity (Wildman–Crippen MR) is 132 cm³/mol. The summed E-state index contributed by atoms with van der Waals surface area (Å²) < 4.78 is 14.2. The number of halogens is 1. The Morgan fingerprint density at radius 2 is 1.73 bits per heavy atom. The number of carbonyl (C=O) groups excluding carboxylic acids is 1. The maximum Gasteiger partial charge on any atom is 0.155 e. The minimum Gasteiger partial charge on any atom is -0.380 e. The number of anilines is 1. The number of Topliss-reactive ketones (excluding diaryl/α,β-unsaturated/α-hetero) is 1. The van der Waals surface area contributed by atoms with Gasteiger partial charge < -0.3 is 5.32 Å². The summed E-state index contributed by atoms with van der Waals surface area (Å²) in [5.74, 6) is 0.950. The third-order valence-corrected chi connectivity index (χ3v) is 8.44. The number of hydrogen-bond acceptors (Lipinski definition) is 3. The molecule has 0 bridgehead atoms. The lowest BCUT2D eigenvalue weighted by Crippen LogP contribution is -2.56. The Hall–Kier alpha value is -2.20. The fourth-order valence-electron chi connectivity index (χ4n) is 6.52. The topological polar surface area (TPSA) is 32.3 Å². The Balaban J connectivity index is 1.35. The maximum atomic E-state index is 14.2. The molecule has 3 aliphatic rings. The number of fused-ring (bicyclic) bond motifs is 1. The smallest absolute Gasteiger partial charge is 0.155 e. The monoisotopic (exact) mass is 448 g/mol. The van der Waals surface area contributed by atoms with Gasteiger partial charge in [0.2, 0.25) is 0 Å². The number of piperidine rings is 1. The van der Waals surface area contributed by atoms with Crippen LogP contribution in [0.2, 0.25) is 0 Å². The lowest BCUT2D eigenvalue weighted by Gasteiger charge is -2.44. The van der Waals surface area contributed by atoms with Crippen molar-refractivity contribution in [3.05, 3.63) is 65.0 Å². The number of nitrogens with zero attached hydrogens (tertiary/aromatic N) is 1. The van der Waals surface area contributed by atoms with Gasteiger partial charge in [-0.25, -0.2) is 4.39 Å². The van der Waals surface area contributed by atoms with Crippen molar-refractivity contribution >= 4 is 11.5 Å². The van der Waals surface area contributed by atoms with Crippen LogP contribution in [0.25, 0.3) is 0 Å². The van der Waals surface area contributed by atoms with E-state index >= 15 is 0 Å². The van der Waals surface area contributed by atoms with Crippen LogP contribution in [0, 0.1) is 18.7 Å². The standard InChI is InChI=1S/C29H37FN2O/c1-20-24(11-7-12-25(20)30)21-16-18-32(19-17-21)28(29(33)23-9-3-2-4-10-23)27-15-14-22-8-5-6-13-26(22)31-27/h5-8,11-13,21,23,27-28,31H,2-4,9-10,14-19H2,1H3. The first-order valence-corrected chi connectivity index (χ1v) is 13.0. The first kappa shape index (κ1) is 22.6. The van der Waals surface area contributed by atoms with Crippen LogP contribution in [-0.2, 0) is 11.2 Å². The Labute approximate surface area is 197 Å². The number of carbonyl (C=O) groups is 1. The molecule has 2 heterocycles. The fourth-order valence-corrected chi connectivity index (χ4v) is 6.52. The zero-order valence-electron chi connectivity index (χ0n) is 19.9. The number of benzene rings is 2. The molecule has 0 amide bonds. The van der Waals surface area contributed by atoms with Crippen molar-refractivity contribution in [2.75, 3.05) is 18.4 Å². The third-order valence-electron chi connectivity index (χ3n) is 8.44. The van der Waals surface area contributed by atoms with Crippen molar-refractivity contribution in [3.8, 4) is 0 Å². The van der Waals surface area contributed by atoms with E-state index in [1.165, 1.54) is 30.5 Å². The van der Waals surface area contributed by atoms with E-state index in [4.69, 9.17) is 0 Å². The highest BCUT2D eigenvalue weighted by Crippen LogP contribution is 2.36. The lowest BCUT2D eigenvalue weighted by atomic mass is 9.79. The number of aryl methyl sites for hydroxylation is 1. The van der Waals surface area contributed by atoms with Crippen molar-refractivity contribution in [1.29, 1.82) is 0 Å². The molecule has 0 aromatic heterocycles. The molecule has 5 rings (SSSR count). The summed E-state index contributed by atoms with van der Waals surface area (Å²) in [6.07, 6.45) is 9.75. The van der Waals surface area contributed by atoms with Crippen LogP contribution in [0.4, 0.5) is 10.1 Å². The number of hydrogen-bond donors (Lipinski definition) is 1. The second-order valence-electron chi connectivity index (χ2n) is 10.4. The van der Waals surface area contributed by atoms with Gasteiger partial charge in [0, 0.05) is 17.6 Å². The molecule has 176 valence electrons. The van der Waals surface area contributed by atoms with Crippen molar-refractivity contribution in [1.82, 2.24) is 4.90 Å². The van der Waals surface area contributed by atoms with Crippen molar-refractivity contribution in [2.45, 2.75) is 82.7 Å². The second kappa shape index (κ2) is 9.97. The van der Waals surface area contributed by atoms with Gasteiger partial charge in [0.1, 0.15) is 5.82 Å². The van der Waals surface area contributed by atoms with E-state index < -0.39 is 0 Å². The van der Waals surface area contributed by atoms with Gasteiger partial charge in [0.25, 0.3) is 0 Å². The van der Waals surface area contributed by atoms with Gasteiger partial charge in [0.15, 0.2) is 5.78 Å². The van der Waals surface area contributed by atoms with Crippen LogP contribution in [0.3, 0.4) is 0 Å². The molecule has 0 radical (unpaired) electrons. The van der Waals surface area contributed by atoms with Crippen LogP contribution in [0.15, 0.2) is 42.5 Å². The number of nitrogens with one attached hydrogen (secondary N) is 1. The summed E-state index contributed by atoms with van der Waals surface area (Å²) in [5.41, 5.74) is 4.49. The predicted octanol–water partition coefficient (Wildman–Crippen LogP) is 6.26. The summed E-state index contributed by atoms with van der Waals surface area (Å²) in [7, 11) is 0. The van der Waals surface area contributed by atoms with Crippen molar-refractivity contribution in [3.63, 3.8) is 0 Å². The largest absolute Gasteiger partial charge is 0.380 e. The summed E-state index contributed by atoms with van der Waals surface area (Å²) >= 11 is 0. The van der Waals surface area contributed by atoms with E-state index in [0.29, 0.717) is 11.7 Å². The number of likely N-dealkylation sites (tertiary alicyclic amines) is 1. The van der Waals surface area contributed by atoms with Gasteiger partial charge in [-0.15, -0.1) is 0 Å². The van der Waals surface area contributed by atoms with Crippen LogP contribution < -0.4 is 5.32 Å². The van der Waals surface area contributed by atoms with Crippen LogP contribution >= 0.6 is 0 Å². The van der Waals surface area contributed by atoms with Gasteiger partial charge in [-0.05, 0) is 93.3 Å². The van der Waals surface area contributed by atoms with Crippen LogP contribution in [0.5, 0.6) is 0 Å². The molecule has 4 heteroatoms. The number of ketones is 1. The van der Waals surface area contributed by atoms with E-state index in [1.807, 2.05) is 13.0 Å². The lowest BCUT2D eigenvalue weighted by molar-refractivity contribution is -0.130. The highest BCUT2D eigenvalue weighted by Gasteiger charge is 2.40. The Morgan fingerprint density at radius 1 is 0.970 bits per heavy atom. The van der Waals surface area contributed by atoms with Gasteiger partial charge >= 0.3 is 0 Å². The van der Waals surface area contributed by atoms with Gasteiger partial charge in [0.05, 0.1) is 6.04 Å². The third kappa shape index (κ3) is 4.73. The summed E-state index contributed by atoms with van der Waals surface area (Å²) in [6, 6.07) is 14.1. The van der Waals surface area contributed by atoms with E-state index in [2.05, 4.69) is 40.5 Å². The average Bonchev–Trinajstić information content (AvgIpc) is 2.87. The van der Waals surface area contributed by atoms with Crippen molar-refractivity contribution < 1.29 is 9.18 Å². The summed E-state index contributed by atoms with van der Waals surface area (Å²) in [6.45, 7) is 3.71. The number of rotatable bonds is 5. The Kier molecular flexibility index (Phi) is 6.82. The normalized spacial score (nSPS) is 23.5. The number of para-hydroxylation sites is 1. The zero-order chi connectivity index (χ0) is 22.8. The molecule has 2 aromatic rings. The highest BCUT2D eigenvalue weighted by atomic mass is 19.1. The molecule has 1 saturated heterocycles. The first-order valence-electron chi connectivity index (χ1n) is 13.0. The molecule has 2 unspecified atom stereocenters. The maximum absolute atomic E-state index is 14.2. The van der Waals surface area contributed by atoms with Crippen LogP contribution in [-0.4, -0.2) is 35.9 Å². The SMILES string of the molecule is Cc1c(F)cccc1C1CCN(C(C(=O)C2CCCCC2)C2CCc3ccccc3N2)CC1.